The first kappa shape index (κ1) is 9.52. The van der Waals surface area contributed by atoms with Crippen molar-refractivity contribution in [3.63, 3.8) is 0 Å². The van der Waals surface area contributed by atoms with Crippen LogP contribution in [0.15, 0.2) is 28.7 Å². The van der Waals surface area contributed by atoms with E-state index in [1.807, 2.05) is 31.3 Å². The lowest BCUT2D eigenvalue weighted by Gasteiger charge is -2.16. The minimum atomic E-state index is 0.174. The number of likely N-dealkylation sites (N-methyl/N-ethyl adjacent to an activating group) is 1. The summed E-state index contributed by atoms with van der Waals surface area (Å²) in [5.74, 6) is 0.174. The van der Waals surface area contributed by atoms with E-state index in [9.17, 15) is 4.79 Å². The van der Waals surface area contributed by atoms with Crippen LogP contribution in [0.5, 0.6) is 0 Å². The van der Waals surface area contributed by atoms with Crippen LogP contribution in [-0.2, 0) is 4.79 Å². The summed E-state index contributed by atoms with van der Waals surface area (Å²) in [6.07, 6.45) is 0. The molecule has 0 radical (unpaired) electrons. The first-order valence-electron chi connectivity index (χ1n) is 4.41. The lowest BCUT2D eigenvalue weighted by atomic mass is 10.3. The molecular formula is C10H11BrN2O. The number of carbonyl (C=O) groups excluding carboxylic acids is 1. The van der Waals surface area contributed by atoms with E-state index in [1.54, 1.807) is 4.90 Å². The van der Waals surface area contributed by atoms with Crippen molar-refractivity contribution in [2.24, 2.45) is 0 Å². The Morgan fingerprint density at radius 2 is 1.93 bits per heavy atom. The summed E-state index contributed by atoms with van der Waals surface area (Å²) < 4.78 is 1.06. The first-order chi connectivity index (χ1) is 6.66. The largest absolute Gasteiger partial charge is 0.344 e. The summed E-state index contributed by atoms with van der Waals surface area (Å²) >= 11 is 3.38. The van der Waals surface area contributed by atoms with Gasteiger partial charge < -0.3 is 9.80 Å². The molecule has 1 aromatic rings. The SMILES string of the molecule is CN1CN(c2ccc(Br)cc2)CC1=O. The van der Waals surface area contributed by atoms with Gasteiger partial charge in [-0.05, 0) is 24.3 Å². The number of hydrogen-bond acceptors (Lipinski definition) is 2. The van der Waals surface area contributed by atoms with Gasteiger partial charge in [0.05, 0.1) is 13.2 Å². The number of amides is 1. The third-order valence-corrected chi connectivity index (χ3v) is 2.86. The second kappa shape index (κ2) is 3.61. The molecule has 1 saturated heterocycles. The zero-order chi connectivity index (χ0) is 10.1. The number of nitrogens with zero attached hydrogens (tertiary/aromatic N) is 2. The Bertz CT molecular complexity index is 350. The summed E-state index contributed by atoms with van der Waals surface area (Å²) in [4.78, 5) is 15.1. The lowest BCUT2D eigenvalue weighted by Crippen LogP contribution is -2.22. The van der Waals surface area contributed by atoms with Crippen LogP contribution in [-0.4, -0.2) is 31.1 Å². The molecule has 0 atom stereocenters. The zero-order valence-electron chi connectivity index (χ0n) is 7.90. The summed E-state index contributed by atoms with van der Waals surface area (Å²) in [5, 5.41) is 0. The minimum absolute atomic E-state index is 0.174. The van der Waals surface area contributed by atoms with E-state index in [-0.39, 0.29) is 5.91 Å². The van der Waals surface area contributed by atoms with E-state index in [0.29, 0.717) is 13.2 Å². The molecule has 0 aliphatic carbocycles. The molecule has 74 valence electrons. The highest BCUT2D eigenvalue weighted by atomic mass is 79.9. The van der Waals surface area contributed by atoms with Gasteiger partial charge in [0.25, 0.3) is 0 Å². The van der Waals surface area contributed by atoms with Gasteiger partial charge in [-0.2, -0.15) is 0 Å². The maximum atomic E-state index is 11.3. The van der Waals surface area contributed by atoms with Crippen molar-refractivity contribution in [1.29, 1.82) is 0 Å². The molecule has 0 spiro atoms. The van der Waals surface area contributed by atoms with Crippen LogP contribution in [0, 0.1) is 0 Å². The molecule has 1 aliphatic rings. The van der Waals surface area contributed by atoms with Gasteiger partial charge in [-0.1, -0.05) is 15.9 Å². The Morgan fingerprint density at radius 1 is 1.29 bits per heavy atom. The predicted octanol–water partition coefficient (Wildman–Crippen LogP) is 1.69. The summed E-state index contributed by atoms with van der Waals surface area (Å²) in [6.45, 7) is 1.17. The van der Waals surface area contributed by atoms with Gasteiger partial charge in [0.2, 0.25) is 5.91 Å². The summed E-state index contributed by atoms with van der Waals surface area (Å²) in [7, 11) is 1.82. The van der Waals surface area contributed by atoms with Crippen molar-refractivity contribution in [1.82, 2.24) is 4.90 Å². The molecule has 1 fully saturated rings. The second-order valence-corrected chi connectivity index (χ2v) is 4.32. The monoisotopic (exact) mass is 254 g/mol. The molecule has 1 amide bonds. The van der Waals surface area contributed by atoms with Crippen molar-refractivity contribution in [3.8, 4) is 0 Å². The molecule has 0 bridgehead atoms. The standard InChI is InChI=1S/C10H11BrN2O/c1-12-7-13(6-10(12)14)9-4-2-8(11)3-5-9/h2-5H,6-7H2,1H3. The summed E-state index contributed by atoms with van der Waals surface area (Å²) in [6, 6.07) is 7.99. The molecule has 14 heavy (non-hydrogen) atoms. The van der Waals surface area contributed by atoms with Gasteiger partial charge in [0.15, 0.2) is 0 Å². The van der Waals surface area contributed by atoms with Crippen LogP contribution in [0.2, 0.25) is 0 Å². The minimum Gasteiger partial charge on any atom is -0.344 e. The lowest BCUT2D eigenvalue weighted by molar-refractivity contribution is -0.125. The quantitative estimate of drug-likeness (QED) is 0.762. The molecule has 0 unspecified atom stereocenters. The van der Waals surface area contributed by atoms with E-state index >= 15 is 0 Å². The van der Waals surface area contributed by atoms with Gasteiger partial charge in [-0.3, -0.25) is 4.79 Å². The first-order valence-corrected chi connectivity index (χ1v) is 5.20. The zero-order valence-corrected chi connectivity index (χ0v) is 9.49. The normalized spacial score (nSPS) is 16.6. The highest BCUT2D eigenvalue weighted by molar-refractivity contribution is 9.10. The molecule has 2 rings (SSSR count). The van der Waals surface area contributed by atoms with Crippen molar-refractivity contribution in [2.75, 3.05) is 25.2 Å². The van der Waals surface area contributed by atoms with Crippen LogP contribution in [0.3, 0.4) is 0 Å². The molecule has 1 aliphatic heterocycles. The number of hydrogen-bond donors (Lipinski definition) is 0. The molecule has 0 saturated carbocycles. The molecule has 0 N–H and O–H groups in total. The van der Waals surface area contributed by atoms with Crippen molar-refractivity contribution < 1.29 is 4.79 Å². The highest BCUT2D eigenvalue weighted by Crippen LogP contribution is 2.20. The third-order valence-electron chi connectivity index (χ3n) is 2.33. The molecule has 0 aromatic heterocycles. The number of anilines is 1. The Labute approximate surface area is 91.4 Å². The van der Waals surface area contributed by atoms with E-state index < -0.39 is 0 Å². The number of carbonyl (C=O) groups is 1. The van der Waals surface area contributed by atoms with Crippen LogP contribution >= 0.6 is 15.9 Å². The Hall–Kier alpha value is -1.03. The molecule has 1 aromatic carbocycles. The fourth-order valence-electron chi connectivity index (χ4n) is 1.49. The van der Waals surface area contributed by atoms with Gasteiger partial charge >= 0.3 is 0 Å². The topological polar surface area (TPSA) is 23.6 Å². The van der Waals surface area contributed by atoms with Crippen LogP contribution in [0.1, 0.15) is 0 Å². The van der Waals surface area contributed by atoms with Crippen molar-refractivity contribution >= 4 is 27.5 Å². The van der Waals surface area contributed by atoms with Gasteiger partial charge in [0.1, 0.15) is 0 Å². The smallest absolute Gasteiger partial charge is 0.243 e. The van der Waals surface area contributed by atoms with E-state index in [1.165, 1.54) is 0 Å². The molecular weight excluding hydrogens is 244 g/mol. The van der Waals surface area contributed by atoms with Crippen LogP contribution in [0.4, 0.5) is 5.69 Å². The van der Waals surface area contributed by atoms with Crippen LogP contribution in [0.25, 0.3) is 0 Å². The fourth-order valence-corrected chi connectivity index (χ4v) is 1.76. The molecule has 4 heteroatoms. The maximum Gasteiger partial charge on any atom is 0.243 e. The maximum absolute atomic E-state index is 11.3. The average molecular weight is 255 g/mol. The number of benzene rings is 1. The van der Waals surface area contributed by atoms with Gasteiger partial charge in [0, 0.05) is 17.2 Å². The molecule has 1 heterocycles. The summed E-state index contributed by atoms with van der Waals surface area (Å²) in [5.41, 5.74) is 1.09. The van der Waals surface area contributed by atoms with Gasteiger partial charge in [-0.15, -0.1) is 0 Å². The fraction of sp³-hybridized carbons (Fsp3) is 0.300. The van der Waals surface area contributed by atoms with E-state index in [0.717, 1.165) is 10.2 Å². The van der Waals surface area contributed by atoms with E-state index in [4.69, 9.17) is 0 Å². The average Bonchev–Trinajstić information content (AvgIpc) is 2.48. The third kappa shape index (κ3) is 1.75. The second-order valence-electron chi connectivity index (χ2n) is 3.41. The van der Waals surface area contributed by atoms with Gasteiger partial charge in [-0.25, -0.2) is 0 Å². The Morgan fingerprint density at radius 3 is 2.43 bits per heavy atom. The van der Waals surface area contributed by atoms with Crippen molar-refractivity contribution in [3.05, 3.63) is 28.7 Å². The van der Waals surface area contributed by atoms with Crippen LogP contribution < -0.4 is 4.90 Å². The van der Waals surface area contributed by atoms with Crippen molar-refractivity contribution in [2.45, 2.75) is 0 Å². The molecule has 3 nitrogen and oxygen atoms in total. The van der Waals surface area contributed by atoms with E-state index in [2.05, 4.69) is 20.8 Å². The predicted molar refractivity (Wildman–Crippen MR) is 59.1 cm³/mol. The Balaban J connectivity index is 2.17. The highest BCUT2D eigenvalue weighted by Gasteiger charge is 2.23. The Kier molecular flexibility index (Phi) is 2.46. The number of halogens is 1. The number of rotatable bonds is 1.